The van der Waals surface area contributed by atoms with Crippen molar-refractivity contribution in [1.29, 1.82) is 0 Å². The smallest absolute Gasteiger partial charge is 0.243 e. The van der Waals surface area contributed by atoms with Crippen molar-refractivity contribution in [2.75, 3.05) is 13.1 Å². The van der Waals surface area contributed by atoms with Crippen LogP contribution in [0.5, 0.6) is 0 Å². The number of sulfonamides is 1. The predicted molar refractivity (Wildman–Crippen MR) is 77.0 cm³/mol. The van der Waals surface area contributed by atoms with Gasteiger partial charge in [-0.1, -0.05) is 26.0 Å². The molecule has 0 unspecified atom stereocenters. The van der Waals surface area contributed by atoms with Crippen molar-refractivity contribution >= 4 is 10.0 Å². The predicted octanol–water partition coefficient (Wildman–Crippen LogP) is 1.96. The lowest BCUT2D eigenvalue weighted by molar-refractivity contribution is -0.0764. The Balaban J connectivity index is 1.75. The molecule has 0 aromatic heterocycles. The average Bonchev–Trinajstić information content (AvgIpc) is 3.19. The molecule has 1 N–H and O–H groups in total. The molecule has 1 aliphatic carbocycles. The average molecular weight is 295 g/mol. The molecule has 1 aromatic rings. The summed E-state index contributed by atoms with van der Waals surface area (Å²) < 4.78 is 26.3. The number of benzene rings is 1. The standard InChI is InChI=1S/C15H21NO3S/c1-11(2)12-3-7-14(8-4-12)20(18,19)16-9-15(17,10-16)13-5-6-13/h3-4,7-8,11,13,17H,5-6,9-10H2,1-2H3. The van der Waals surface area contributed by atoms with Gasteiger partial charge in [-0.25, -0.2) is 8.42 Å². The fraction of sp³-hybridized carbons (Fsp3) is 0.600. The van der Waals surface area contributed by atoms with Crippen molar-refractivity contribution in [3.8, 4) is 0 Å². The van der Waals surface area contributed by atoms with Crippen molar-refractivity contribution in [1.82, 2.24) is 4.31 Å². The molecular formula is C15H21NO3S. The molecule has 0 spiro atoms. The summed E-state index contributed by atoms with van der Waals surface area (Å²) >= 11 is 0. The second kappa shape index (κ2) is 4.55. The Morgan fingerprint density at radius 1 is 1.20 bits per heavy atom. The number of β-amino-alcohol motifs (C(OH)–C–C–N with tert-alkyl or cyclic N) is 1. The Bertz CT molecular complexity index is 597. The Kier molecular flexibility index (Phi) is 3.19. The minimum absolute atomic E-state index is 0.242. The third-order valence-corrected chi connectivity index (χ3v) is 6.23. The number of nitrogens with zero attached hydrogens (tertiary/aromatic N) is 1. The largest absolute Gasteiger partial charge is 0.387 e. The summed E-state index contributed by atoms with van der Waals surface area (Å²) in [5.74, 6) is 0.688. The summed E-state index contributed by atoms with van der Waals surface area (Å²) in [6, 6.07) is 7.06. The van der Waals surface area contributed by atoms with Crippen LogP contribution in [-0.4, -0.2) is 36.5 Å². The first-order chi connectivity index (χ1) is 9.33. The molecule has 2 fully saturated rings. The summed E-state index contributed by atoms with van der Waals surface area (Å²) in [5.41, 5.74) is 0.354. The molecule has 3 rings (SSSR count). The van der Waals surface area contributed by atoms with Gasteiger partial charge in [0, 0.05) is 13.1 Å². The lowest BCUT2D eigenvalue weighted by Crippen LogP contribution is -2.64. The minimum Gasteiger partial charge on any atom is -0.387 e. The van der Waals surface area contributed by atoms with E-state index in [-0.39, 0.29) is 13.1 Å². The van der Waals surface area contributed by atoms with E-state index in [1.165, 1.54) is 4.31 Å². The van der Waals surface area contributed by atoms with E-state index in [2.05, 4.69) is 13.8 Å². The fourth-order valence-corrected chi connectivity index (χ4v) is 4.35. The molecule has 0 radical (unpaired) electrons. The monoisotopic (exact) mass is 295 g/mol. The zero-order valence-corrected chi connectivity index (χ0v) is 12.7. The van der Waals surface area contributed by atoms with Crippen molar-refractivity contribution in [3.63, 3.8) is 0 Å². The molecule has 0 bridgehead atoms. The van der Waals surface area contributed by atoms with Crippen molar-refractivity contribution in [2.45, 2.75) is 43.1 Å². The molecule has 0 atom stereocenters. The molecule has 1 heterocycles. The van der Waals surface area contributed by atoms with Crippen LogP contribution in [0.2, 0.25) is 0 Å². The summed E-state index contributed by atoms with van der Waals surface area (Å²) in [6.07, 6.45) is 2.04. The molecule has 1 saturated heterocycles. The Labute approximate surface area is 120 Å². The molecule has 20 heavy (non-hydrogen) atoms. The second-order valence-corrected chi connectivity index (χ2v) is 8.31. The maximum Gasteiger partial charge on any atom is 0.243 e. The summed E-state index contributed by atoms with van der Waals surface area (Å²) in [6.45, 7) is 4.64. The molecular weight excluding hydrogens is 274 g/mol. The Hall–Kier alpha value is -0.910. The lowest BCUT2D eigenvalue weighted by Gasteiger charge is -2.45. The molecule has 4 nitrogen and oxygen atoms in total. The van der Waals surface area contributed by atoms with Crippen LogP contribution in [0.25, 0.3) is 0 Å². The topological polar surface area (TPSA) is 57.6 Å². The maximum absolute atomic E-state index is 12.4. The lowest BCUT2D eigenvalue weighted by atomic mass is 9.91. The Morgan fingerprint density at radius 2 is 1.75 bits per heavy atom. The zero-order valence-electron chi connectivity index (χ0n) is 11.9. The second-order valence-electron chi connectivity index (χ2n) is 6.37. The first-order valence-corrected chi connectivity index (χ1v) is 8.59. The molecule has 5 heteroatoms. The SMILES string of the molecule is CC(C)c1ccc(S(=O)(=O)N2CC(O)(C3CC3)C2)cc1. The number of rotatable bonds is 4. The third-order valence-electron chi connectivity index (χ3n) is 4.42. The molecule has 0 amide bonds. The minimum atomic E-state index is -3.45. The van der Waals surface area contributed by atoms with Crippen molar-refractivity contribution in [2.24, 2.45) is 5.92 Å². The first kappa shape index (κ1) is 14.0. The van der Waals surface area contributed by atoms with E-state index in [9.17, 15) is 13.5 Å². The maximum atomic E-state index is 12.4. The van der Waals surface area contributed by atoms with Gasteiger partial charge in [0.2, 0.25) is 10.0 Å². The molecule has 2 aliphatic rings. The Morgan fingerprint density at radius 3 is 2.20 bits per heavy atom. The first-order valence-electron chi connectivity index (χ1n) is 7.15. The van der Waals surface area contributed by atoms with E-state index in [0.29, 0.717) is 16.7 Å². The number of hydrogen-bond acceptors (Lipinski definition) is 3. The van der Waals surface area contributed by atoms with Crippen LogP contribution < -0.4 is 0 Å². The van der Waals surface area contributed by atoms with E-state index in [0.717, 1.165) is 18.4 Å². The summed E-state index contributed by atoms with van der Waals surface area (Å²) in [7, 11) is -3.45. The van der Waals surface area contributed by atoms with Gasteiger partial charge in [-0.15, -0.1) is 0 Å². The van der Waals surface area contributed by atoms with Gasteiger partial charge in [0.25, 0.3) is 0 Å². The van der Waals surface area contributed by atoms with Gasteiger partial charge in [0.05, 0.1) is 10.5 Å². The van der Waals surface area contributed by atoms with Crippen LogP contribution >= 0.6 is 0 Å². The van der Waals surface area contributed by atoms with Crippen LogP contribution in [0.15, 0.2) is 29.2 Å². The number of aliphatic hydroxyl groups is 1. The van der Waals surface area contributed by atoms with Crippen molar-refractivity contribution in [3.05, 3.63) is 29.8 Å². The van der Waals surface area contributed by atoms with Gasteiger partial charge in [-0.2, -0.15) is 4.31 Å². The highest BCUT2D eigenvalue weighted by atomic mass is 32.2. The molecule has 110 valence electrons. The third kappa shape index (κ3) is 2.28. The molecule has 1 saturated carbocycles. The van der Waals surface area contributed by atoms with Crippen LogP contribution in [0.3, 0.4) is 0 Å². The van der Waals surface area contributed by atoms with Crippen molar-refractivity contribution < 1.29 is 13.5 Å². The number of hydrogen-bond donors (Lipinski definition) is 1. The van der Waals surface area contributed by atoms with Gasteiger partial charge in [0.15, 0.2) is 0 Å². The highest BCUT2D eigenvalue weighted by Crippen LogP contribution is 2.45. The van der Waals surface area contributed by atoms with Crippen LogP contribution in [0.1, 0.15) is 38.2 Å². The van der Waals surface area contributed by atoms with Gasteiger partial charge >= 0.3 is 0 Å². The normalized spacial score (nSPS) is 22.8. The van der Waals surface area contributed by atoms with E-state index in [1.807, 2.05) is 12.1 Å². The van der Waals surface area contributed by atoms with Crippen LogP contribution in [-0.2, 0) is 10.0 Å². The van der Waals surface area contributed by atoms with E-state index in [1.54, 1.807) is 12.1 Å². The zero-order chi connectivity index (χ0) is 14.5. The summed E-state index contributed by atoms with van der Waals surface area (Å²) in [4.78, 5) is 0.319. The quantitative estimate of drug-likeness (QED) is 0.923. The van der Waals surface area contributed by atoms with Crippen LogP contribution in [0, 0.1) is 5.92 Å². The molecule has 1 aliphatic heterocycles. The highest BCUT2D eigenvalue weighted by Gasteiger charge is 2.55. The van der Waals surface area contributed by atoms with Crippen LogP contribution in [0.4, 0.5) is 0 Å². The van der Waals surface area contributed by atoms with E-state index >= 15 is 0 Å². The molecule has 1 aromatic carbocycles. The fourth-order valence-electron chi connectivity index (χ4n) is 2.79. The van der Waals surface area contributed by atoms with E-state index in [4.69, 9.17) is 0 Å². The van der Waals surface area contributed by atoms with E-state index < -0.39 is 15.6 Å². The van der Waals surface area contributed by atoms with Gasteiger partial charge < -0.3 is 5.11 Å². The van der Waals surface area contributed by atoms with Gasteiger partial charge in [0.1, 0.15) is 0 Å². The van der Waals surface area contributed by atoms with Gasteiger partial charge in [-0.05, 0) is 42.4 Å². The van der Waals surface area contributed by atoms with Gasteiger partial charge in [-0.3, -0.25) is 0 Å². The highest BCUT2D eigenvalue weighted by molar-refractivity contribution is 7.89. The summed E-state index contributed by atoms with van der Waals surface area (Å²) in [5, 5.41) is 10.2.